The number of nitrogens with zero attached hydrogens (tertiary/aromatic N) is 4. The molecule has 0 fully saturated rings. The van der Waals surface area contributed by atoms with Crippen LogP contribution in [0.1, 0.15) is 16.7 Å². The van der Waals surface area contributed by atoms with E-state index < -0.39 is 0 Å². The number of nitriles is 1. The van der Waals surface area contributed by atoms with Gasteiger partial charge in [-0.05, 0) is 23.3 Å². The molecule has 0 bridgehead atoms. The number of aryl methyl sites for hydroxylation is 1. The number of anilines is 1. The Kier molecular flexibility index (Phi) is 3.55. The Bertz CT molecular complexity index is 1080. The highest BCUT2D eigenvalue weighted by molar-refractivity contribution is 5.88. The molecule has 0 saturated carbocycles. The second kappa shape index (κ2) is 5.77. The van der Waals surface area contributed by atoms with E-state index in [1.807, 2.05) is 25.4 Å². The molecular formula is C19H17N5O2. The van der Waals surface area contributed by atoms with E-state index in [9.17, 15) is 5.26 Å². The van der Waals surface area contributed by atoms with Crippen LogP contribution in [0.2, 0.25) is 0 Å². The number of hydrogen-bond acceptors (Lipinski definition) is 6. The molecule has 0 atom stereocenters. The third-order valence-electron chi connectivity index (χ3n) is 4.66. The van der Waals surface area contributed by atoms with Gasteiger partial charge in [0.05, 0.1) is 26.1 Å². The van der Waals surface area contributed by atoms with Crippen molar-refractivity contribution in [2.75, 3.05) is 20.0 Å². The van der Waals surface area contributed by atoms with Crippen molar-refractivity contribution in [2.45, 2.75) is 6.42 Å². The van der Waals surface area contributed by atoms with Gasteiger partial charge in [0, 0.05) is 36.4 Å². The van der Waals surface area contributed by atoms with Gasteiger partial charge in [0.25, 0.3) is 0 Å². The van der Waals surface area contributed by atoms with E-state index in [1.165, 1.54) is 0 Å². The number of nitrogen functional groups attached to an aromatic ring is 1. The molecule has 26 heavy (non-hydrogen) atoms. The normalized spacial score (nSPS) is 11.6. The zero-order valence-corrected chi connectivity index (χ0v) is 14.7. The number of hydrogen-bond donors (Lipinski definition) is 1. The minimum atomic E-state index is 0.215. The fourth-order valence-electron chi connectivity index (χ4n) is 3.50. The van der Waals surface area contributed by atoms with E-state index >= 15 is 0 Å². The van der Waals surface area contributed by atoms with E-state index in [4.69, 9.17) is 15.2 Å². The Balaban J connectivity index is 2.01. The van der Waals surface area contributed by atoms with Crippen molar-refractivity contribution in [1.82, 2.24) is 14.8 Å². The fourth-order valence-corrected chi connectivity index (χ4v) is 3.50. The number of fused-ring (bicyclic) bond motifs is 3. The molecule has 0 amide bonds. The first-order valence-electron chi connectivity index (χ1n) is 8.04. The van der Waals surface area contributed by atoms with Crippen LogP contribution in [-0.2, 0) is 13.5 Å². The lowest BCUT2D eigenvalue weighted by Crippen LogP contribution is -2.02. The molecule has 2 heterocycles. The average Bonchev–Trinajstić information content (AvgIpc) is 3.22. The van der Waals surface area contributed by atoms with Crippen LogP contribution in [0.25, 0.3) is 22.4 Å². The molecule has 0 spiro atoms. The second-order valence-electron chi connectivity index (χ2n) is 6.13. The van der Waals surface area contributed by atoms with Crippen LogP contribution in [0.3, 0.4) is 0 Å². The highest BCUT2D eigenvalue weighted by atomic mass is 16.5. The van der Waals surface area contributed by atoms with Crippen molar-refractivity contribution in [2.24, 2.45) is 7.05 Å². The van der Waals surface area contributed by atoms with Gasteiger partial charge in [0.15, 0.2) is 11.5 Å². The number of methoxy groups -OCH3 is 2. The van der Waals surface area contributed by atoms with Gasteiger partial charge in [-0.25, -0.2) is 4.98 Å². The Morgan fingerprint density at radius 2 is 1.96 bits per heavy atom. The number of pyridine rings is 1. The maximum Gasteiger partial charge on any atom is 0.161 e. The van der Waals surface area contributed by atoms with E-state index in [1.54, 1.807) is 25.1 Å². The number of benzene rings is 1. The Hall–Kier alpha value is -3.53. The molecule has 1 aliphatic rings. The monoisotopic (exact) mass is 347 g/mol. The van der Waals surface area contributed by atoms with Crippen LogP contribution < -0.4 is 15.2 Å². The quantitative estimate of drug-likeness (QED) is 0.611. The highest BCUT2D eigenvalue weighted by Crippen LogP contribution is 2.46. The van der Waals surface area contributed by atoms with Gasteiger partial charge in [-0.15, -0.1) is 0 Å². The first-order valence-corrected chi connectivity index (χ1v) is 8.04. The maximum atomic E-state index is 9.64. The minimum absolute atomic E-state index is 0.215. The average molecular weight is 347 g/mol. The summed E-state index contributed by atoms with van der Waals surface area (Å²) < 4.78 is 12.5. The topological polar surface area (TPSA) is 99.0 Å². The van der Waals surface area contributed by atoms with Gasteiger partial charge in [0.1, 0.15) is 17.5 Å². The van der Waals surface area contributed by atoms with Crippen LogP contribution in [0.5, 0.6) is 11.5 Å². The molecule has 2 N–H and O–H groups in total. The lowest BCUT2D eigenvalue weighted by molar-refractivity contribution is 0.355. The predicted molar refractivity (Wildman–Crippen MR) is 96.9 cm³/mol. The van der Waals surface area contributed by atoms with Gasteiger partial charge in [-0.2, -0.15) is 10.4 Å². The third kappa shape index (κ3) is 2.19. The first-order chi connectivity index (χ1) is 12.6. The van der Waals surface area contributed by atoms with Gasteiger partial charge >= 0.3 is 0 Å². The van der Waals surface area contributed by atoms with Crippen LogP contribution in [0.4, 0.5) is 5.82 Å². The summed E-state index contributed by atoms with van der Waals surface area (Å²) in [5, 5.41) is 13.9. The van der Waals surface area contributed by atoms with Crippen LogP contribution in [-0.4, -0.2) is 29.0 Å². The van der Waals surface area contributed by atoms with E-state index in [0.29, 0.717) is 23.5 Å². The fraction of sp³-hybridized carbons (Fsp3) is 0.211. The molecule has 2 aromatic heterocycles. The van der Waals surface area contributed by atoms with Crippen molar-refractivity contribution in [3.8, 4) is 40.0 Å². The van der Waals surface area contributed by atoms with Crippen molar-refractivity contribution in [3.05, 3.63) is 41.2 Å². The van der Waals surface area contributed by atoms with Gasteiger partial charge < -0.3 is 15.2 Å². The van der Waals surface area contributed by atoms with Gasteiger partial charge in [0.2, 0.25) is 0 Å². The molecule has 130 valence electrons. The van der Waals surface area contributed by atoms with Crippen LogP contribution in [0, 0.1) is 11.3 Å². The van der Waals surface area contributed by atoms with Gasteiger partial charge in [-0.1, -0.05) is 0 Å². The van der Waals surface area contributed by atoms with Crippen LogP contribution in [0.15, 0.2) is 24.5 Å². The lowest BCUT2D eigenvalue weighted by Gasteiger charge is -2.11. The highest BCUT2D eigenvalue weighted by Gasteiger charge is 2.29. The summed E-state index contributed by atoms with van der Waals surface area (Å²) in [5.41, 5.74) is 11.9. The molecule has 0 radical (unpaired) electrons. The van der Waals surface area contributed by atoms with E-state index in [2.05, 4.69) is 16.2 Å². The molecule has 7 nitrogen and oxygen atoms in total. The summed E-state index contributed by atoms with van der Waals surface area (Å²) in [6, 6.07) is 6.06. The Labute approximate surface area is 150 Å². The first kappa shape index (κ1) is 16.0. The molecule has 7 heteroatoms. The Morgan fingerprint density at radius 1 is 1.23 bits per heavy atom. The van der Waals surface area contributed by atoms with E-state index in [-0.39, 0.29) is 5.82 Å². The maximum absolute atomic E-state index is 9.64. The van der Waals surface area contributed by atoms with E-state index in [0.717, 1.165) is 33.5 Å². The summed E-state index contributed by atoms with van der Waals surface area (Å²) in [5.74, 6) is 1.51. The SMILES string of the molecule is COc1cc2c(cc1OC)-c1nc(N)c(C#N)c(-c3cnn(C)c3)c1C2. The molecule has 0 aliphatic heterocycles. The summed E-state index contributed by atoms with van der Waals surface area (Å²) in [6.07, 6.45) is 4.25. The van der Waals surface area contributed by atoms with Gasteiger partial charge in [-0.3, -0.25) is 4.68 Å². The van der Waals surface area contributed by atoms with Crippen molar-refractivity contribution >= 4 is 5.82 Å². The molecular weight excluding hydrogens is 330 g/mol. The number of ether oxygens (including phenoxy) is 2. The number of aromatic nitrogens is 3. The predicted octanol–water partition coefficient (Wildman–Crippen LogP) is 2.52. The zero-order chi connectivity index (χ0) is 18.4. The smallest absolute Gasteiger partial charge is 0.161 e. The third-order valence-corrected chi connectivity index (χ3v) is 4.66. The number of nitrogens with two attached hydrogens (primary N) is 1. The van der Waals surface area contributed by atoms with Crippen LogP contribution >= 0.6 is 0 Å². The minimum Gasteiger partial charge on any atom is -0.493 e. The summed E-state index contributed by atoms with van der Waals surface area (Å²) >= 11 is 0. The largest absolute Gasteiger partial charge is 0.493 e. The molecule has 1 aromatic carbocycles. The number of rotatable bonds is 3. The van der Waals surface area contributed by atoms with Crippen molar-refractivity contribution in [1.29, 1.82) is 5.26 Å². The lowest BCUT2D eigenvalue weighted by atomic mass is 9.96. The summed E-state index contributed by atoms with van der Waals surface area (Å²) in [6.45, 7) is 0. The zero-order valence-electron chi connectivity index (χ0n) is 14.7. The molecule has 0 saturated heterocycles. The summed E-state index contributed by atoms with van der Waals surface area (Å²) in [4.78, 5) is 4.52. The van der Waals surface area contributed by atoms with Crippen molar-refractivity contribution < 1.29 is 9.47 Å². The standard InChI is InChI=1S/C19H17N5O2/c1-24-9-11(8-22-24)17-13-4-10-5-15(25-2)16(26-3)6-12(10)18(13)23-19(21)14(17)7-20/h5-6,8-9H,4H2,1-3H3,(H2,21,23). The molecule has 1 aliphatic carbocycles. The van der Waals surface area contributed by atoms with Crippen molar-refractivity contribution in [3.63, 3.8) is 0 Å². The second-order valence-corrected chi connectivity index (χ2v) is 6.13. The molecule has 4 rings (SSSR count). The Morgan fingerprint density at radius 3 is 2.58 bits per heavy atom. The molecule has 3 aromatic rings. The summed E-state index contributed by atoms with van der Waals surface area (Å²) in [7, 11) is 5.05. The molecule has 0 unspecified atom stereocenters.